The number of aliphatic imine (C=N–C) groups is 1. The molecule has 0 aromatic heterocycles. The minimum atomic E-state index is -3.10. The Labute approximate surface area is 121 Å². The minimum absolute atomic E-state index is 0. The van der Waals surface area contributed by atoms with Crippen LogP contribution in [0.3, 0.4) is 0 Å². The molecule has 1 aliphatic rings. The predicted octanol–water partition coefficient (Wildman–Crippen LogP) is 0.884. The first-order chi connectivity index (χ1) is 7.22. The van der Waals surface area contributed by atoms with Crippen LogP contribution < -0.4 is 11.1 Å². The molecule has 5 nitrogen and oxygen atoms in total. The van der Waals surface area contributed by atoms with Gasteiger partial charge in [0.15, 0.2) is 15.8 Å². The lowest BCUT2D eigenvalue weighted by molar-refractivity contribution is 0.560. The van der Waals surface area contributed by atoms with Gasteiger partial charge in [0.2, 0.25) is 0 Å². The Balaban J connectivity index is 0.00000256. The fourth-order valence-electron chi connectivity index (χ4n) is 1.07. The van der Waals surface area contributed by atoms with Crippen molar-refractivity contribution in [2.45, 2.75) is 44.4 Å². The summed E-state index contributed by atoms with van der Waals surface area (Å²) in [7, 11) is -3.10. The highest BCUT2D eigenvalue weighted by atomic mass is 127. The second-order valence-electron chi connectivity index (χ2n) is 5.12. The van der Waals surface area contributed by atoms with Gasteiger partial charge in [-0.1, -0.05) is 0 Å². The first-order valence-electron chi connectivity index (χ1n) is 5.51. The van der Waals surface area contributed by atoms with Crippen molar-refractivity contribution in [1.29, 1.82) is 0 Å². The number of guanidine groups is 1. The molecule has 1 aliphatic carbocycles. The summed E-state index contributed by atoms with van der Waals surface area (Å²) in [5.41, 5.74) is 5.60. The van der Waals surface area contributed by atoms with Crippen molar-refractivity contribution in [1.82, 2.24) is 5.32 Å². The Bertz CT molecular complexity index is 370. The summed E-state index contributed by atoms with van der Waals surface area (Å²) in [4.78, 5) is 4.01. The van der Waals surface area contributed by atoms with E-state index >= 15 is 0 Å². The lowest BCUT2D eigenvalue weighted by Crippen LogP contribution is -2.35. The Hall–Kier alpha value is -0.0500. The largest absolute Gasteiger partial charge is 0.370 e. The van der Waals surface area contributed by atoms with Crippen LogP contribution >= 0.6 is 24.0 Å². The molecule has 0 radical (unpaired) electrons. The number of halogens is 1. The minimum Gasteiger partial charge on any atom is -0.370 e. The van der Waals surface area contributed by atoms with Crippen molar-refractivity contribution in [2.75, 3.05) is 12.3 Å². The van der Waals surface area contributed by atoms with E-state index in [0.717, 1.165) is 12.8 Å². The van der Waals surface area contributed by atoms with Gasteiger partial charge in [0.05, 0.1) is 17.0 Å². The molecule has 0 aliphatic heterocycles. The summed E-state index contributed by atoms with van der Waals surface area (Å²) in [6.07, 6.45) is 2.24. The summed E-state index contributed by atoms with van der Waals surface area (Å²) >= 11 is 0. The average molecular weight is 375 g/mol. The lowest BCUT2D eigenvalue weighted by atomic mass is 10.3. The second kappa shape index (κ2) is 6.21. The molecule has 0 atom stereocenters. The fourth-order valence-corrected chi connectivity index (χ4v) is 2.02. The second-order valence-corrected chi connectivity index (χ2v) is 7.98. The van der Waals surface area contributed by atoms with E-state index in [1.165, 1.54) is 0 Å². The van der Waals surface area contributed by atoms with Gasteiger partial charge in [-0.3, -0.25) is 4.99 Å². The zero-order chi connectivity index (χ0) is 12.4. The maximum atomic E-state index is 11.7. The van der Waals surface area contributed by atoms with E-state index in [2.05, 4.69) is 10.3 Å². The zero-order valence-corrected chi connectivity index (χ0v) is 13.7. The van der Waals surface area contributed by atoms with Crippen molar-refractivity contribution in [3.05, 3.63) is 0 Å². The molecule has 17 heavy (non-hydrogen) atoms. The number of nitrogens with one attached hydrogen (secondary N) is 1. The maximum Gasteiger partial charge on any atom is 0.188 e. The fraction of sp³-hybridized carbons (Fsp3) is 0.900. The molecule has 1 rings (SSSR count). The third-order valence-corrected chi connectivity index (χ3v) is 5.09. The third-order valence-electron chi connectivity index (χ3n) is 2.50. The van der Waals surface area contributed by atoms with Crippen LogP contribution in [0.5, 0.6) is 0 Å². The van der Waals surface area contributed by atoms with Gasteiger partial charge >= 0.3 is 0 Å². The highest BCUT2D eigenvalue weighted by molar-refractivity contribution is 14.0. The highest BCUT2D eigenvalue weighted by Crippen LogP contribution is 2.18. The molecule has 0 saturated heterocycles. The van der Waals surface area contributed by atoms with Crippen molar-refractivity contribution < 1.29 is 8.42 Å². The Morgan fingerprint density at radius 2 is 1.94 bits per heavy atom. The molecule has 102 valence electrons. The van der Waals surface area contributed by atoms with E-state index in [0.29, 0.717) is 12.0 Å². The van der Waals surface area contributed by atoms with E-state index in [1.54, 1.807) is 20.8 Å². The van der Waals surface area contributed by atoms with Gasteiger partial charge < -0.3 is 11.1 Å². The van der Waals surface area contributed by atoms with Crippen molar-refractivity contribution >= 4 is 39.8 Å². The van der Waals surface area contributed by atoms with Gasteiger partial charge in [0, 0.05) is 6.04 Å². The maximum absolute atomic E-state index is 11.7. The molecule has 0 spiro atoms. The van der Waals surface area contributed by atoms with Crippen molar-refractivity contribution in [2.24, 2.45) is 10.7 Å². The summed E-state index contributed by atoms with van der Waals surface area (Å²) in [6, 6.07) is 0.447. The van der Waals surface area contributed by atoms with Gasteiger partial charge in [-0.25, -0.2) is 8.42 Å². The van der Waals surface area contributed by atoms with Gasteiger partial charge in [0.1, 0.15) is 0 Å². The SMILES string of the molecule is CC(C)(C)S(=O)(=O)CCN=C(N)NC1CC1.I. The van der Waals surface area contributed by atoms with Crippen LogP contribution in [0.1, 0.15) is 33.6 Å². The normalized spacial score (nSPS) is 17.5. The third kappa shape index (κ3) is 5.89. The van der Waals surface area contributed by atoms with Gasteiger partial charge in [-0.2, -0.15) is 0 Å². The molecule has 1 fully saturated rings. The summed E-state index contributed by atoms with van der Waals surface area (Å²) in [5, 5.41) is 3.01. The number of sulfone groups is 1. The number of hydrogen-bond acceptors (Lipinski definition) is 3. The van der Waals surface area contributed by atoms with Gasteiger partial charge in [-0.05, 0) is 33.6 Å². The number of nitrogens with two attached hydrogens (primary N) is 1. The Morgan fingerprint density at radius 1 is 1.41 bits per heavy atom. The topological polar surface area (TPSA) is 84.5 Å². The molecule has 0 aromatic carbocycles. The molecular formula is C10H22IN3O2S. The molecule has 7 heteroatoms. The van der Waals surface area contributed by atoms with Crippen LogP contribution in [-0.2, 0) is 9.84 Å². The van der Waals surface area contributed by atoms with Crippen LogP contribution in [0.15, 0.2) is 4.99 Å². The molecule has 1 saturated carbocycles. The smallest absolute Gasteiger partial charge is 0.188 e. The summed E-state index contributed by atoms with van der Waals surface area (Å²) < 4.78 is 22.8. The van der Waals surface area contributed by atoms with Crippen LogP contribution in [0.25, 0.3) is 0 Å². The van der Waals surface area contributed by atoms with Crippen LogP contribution in [0.4, 0.5) is 0 Å². The van der Waals surface area contributed by atoms with Crippen LogP contribution in [0, 0.1) is 0 Å². The van der Waals surface area contributed by atoms with Crippen molar-refractivity contribution in [3.63, 3.8) is 0 Å². The standard InChI is InChI=1S/C10H21N3O2S.HI/c1-10(2,3)16(14,15)7-6-12-9(11)13-8-4-5-8;/h8H,4-7H2,1-3H3,(H3,11,12,13);1H. The van der Waals surface area contributed by atoms with E-state index < -0.39 is 14.6 Å². The molecule has 0 heterocycles. The number of nitrogens with zero attached hydrogens (tertiary/aromatic N) is 1. The molecule has 0 aromatic rings. The van der Waals surface area contributed by atoms with E-state index in [-0.39, 0.29) is 36.3 Å². The van der Waals surface area contributed by atoms with Crippen LogP contribution in [0.2, 0.25) is 0 Å². The monoisotopic (exact) mass is 375 g/mol. The Kier molecular flexibility index (Phi) is 6.20. The molecule has 3 N–H and O–H groups in total. The summed E-state index contributed by atoms with van der Waals surface area (Å²) in [6.45, 7) is 5.30. The number of rotatable bonds is 4. The van der Waals surface area contributed by atoms with E-state index in [1.807, 2.05) is 0 Å². The summed E-state index contributed by atoms with van der Waals surface area (Å²) in [5.74, 6) is 0.399. The quantitative estimate of drug-likeness (QED) is 0.434. The number of hydrogen-bond donors (Lipinski definition) is 2. The molecular weight excluding hydrogens is 353 g/mol. The van der Waals surface area contributed by atoms with E-state index in [4.69, 9.17) is 5.73 Å². The first kappa shape index (κ1) is 16.9. The van der Waals surface area contributed by atoms with Crippen LogP contribution in [-0.4, -0.2) is 37.5 Å². The molecule has 0 bridgehead atoms. The first-order valence-corrected chi connectivity index (χ1v) is 7.16. The average Bonchev–Trinajstić information content (AvgIpc) is 2.85. The lowest BCUT2D eigenvalue weighted by Gasteiger charge is -2.18. The molecule has 0 unspecified atom stereocenters. The van der Waals surface area contributed by atoms with Crippen molar-refractivity contribution in [3.8, 4) is 0 Å². The molecule has 0 amide bonds. The predicted molar refractivity (Wildman–Crippen MR) is 81.6 cm³/mol. The van der Waals surface area contributed by atoms with Gasteiger partial charge in [0.25, 0.3) is 0 Å². The van der Waals surface area contributed by atoms with Gasteiger partial charge in [-0.15, -0.1) is 24.0 Å². The highest BCUT2D eigenvalue weighted by Gasteiger charge is 2.28. The van der Waals surface area contributed by atoms with E-state index in [9.17, 15) is 8.42 Å². The zero-order valence-electron chi connectivity index (χ0n) is 10.6. The Morgan fingerprint density at radius 3 is 2.35 bits per heavy atom.